The Morgan fingerprint density at radius 2 is 1.93 bits per heavy atom. The Morgan fingerprint density at radius 1 is 1.15 bits per heavy atom. The van der Waals surface area contributed by atoms with E-state index in [0.29, 0.717) is 24.3 Å². The first-order valence-corrected chi connectivity index (χ1v) is 9.55. The third kappa shape index (κ3) is 4.95. The van der Waals surface area contributed by atoms with Gasteiger partial charge in [0.25, 0.3) is 5.91 Å². The Morgan fingerprint density at radius 3 is 2.67 bits per heavy atom. The van der Waals surface area contributed by atoms with Crippen LogP contribution < -0.4 is 10.6 Å². The van der Waals surface area contributed by atoms with Crippen LogP contribution in [0, 0.1) is 6.92 Å². The Balaban J connectivity index is 1.62. The molecule has 5 heteroatoms. The minimum absolute atomic E-state index is 0.0536. The van der Waals surface area contributed by atoms with E-state index in [1.54, 1.807) is 18.2 Å². The number of likely N-dealkylation sites (tertiary alicyclic amines) is 1. The number of amides is 2. The molecule has 0 spiro atoms. The third-order valence-electron chi connectivity index (χ3n) is 4.92. The number of hydrogen-bond acceptors (Lipinski definition) is 3. The van der Waals surface area contributed by atoms with Crippen molar-refractivity contribution in [3.8, 4) is 0 Å². The fraction of sp³-hybridized carbons (Fsp3) is 0.364. The third-order valence-corrected chi connectivity index (χ3v) is 4.92. The second-order valence-corrected chi connectivity index (χ2v) is 7.03. The molecular weight excluding hydrogens is 338 g/mol. The first kappa shape index (κ1) is 19.1. The summed E-state index contributed by atoms with van der Waals surface area (Å²) in [5, 5.41) is 5.70. The van der Waals surface area contributed by atoms with E-state index in [1.807, 2.05) is 13.0 Å². The molecule has 0 bridgehead atoms. The van der Waals surface area contributed by atoms with Crippen LogP contribution in [0.1, 0.15) is 47.3 Å². The second kappa shape index (κ2) is 8.82. The molecule has 2 amide bonds. The molecule has 1 aliphatic rings. The van der Waals surface area contributed by atoms with Crippen molar-refractivity contribution in [3.05, 3.63) is 65.2 Å². The number of carbonyl (C=O) groups excluding carboxylic acids is 2. The smallest absolute Gasteiger partial charge is 0.251 e. The van der Waals surface area contributed by atoms with Crippen LogP contribution in [0.15, 0.2) is 48.5 Å². The van der Waals surface area contributed by atoms with Crippen molar-refractivity contribution in [2.75, 3.05) is 25.0 Å². The lowest BCUT2D eigenvalue weighted by Crippen LogP contribution is -2.33. The molecule has 2 N–H and O–H groups in total. The van der Waals surface area contributed by atoms with E-state index in [1.165, 1.54) is 11.1 Å². The number of rotatable bonds is 6. The van der Waals surface area contributed by atoms with Crippen molar-refractivity contribution >= 4 is 17.5 Å². The van der Waals surface area contributed by atoms with Gasteiger partial charge in [-0.2, -0.15) is 0 Å². The minimum Gasteiger partial charge on any atom is -0.352 e. The second-order valence-electron chi connectivity index (χ2n) is 7.03. The molecule has 0 aliphatic carbocycles. The van der Waals surface area contributed by atoms with Crippen LogP contribution >= 0.6 is 0 Å². The number of nitrogens with zero attached hydrogens (tertiary/aromatic N) is 1. The maximum Gasteiger partial charge on any atom is 0.251 e. The van der Waals surface area contributed by atoms with E-state index in [0.717, 1.165) is 19.4 Å². The zero-order chi connectivity index (χ0) is 19.2. The van der Waals surface area contributed by atoms with Gasteiger partial charge in [0.2, 0.25) is 5.91 Å². The van der Waals surface area contributed by atoms with Crippen molar-refractivity contribution in [2.24, 2.45) is 0 Å². The molecular formula is C22H27N3O2. The summed E-state index contributed by atoms with van der Waals surface area (Å²) in [6, 6.07) is 15.9. The summed E-state index contributed by atoms with van der Waals surface area (Å²) >= 11 is 0. The Kier molecular flexibility index (Phi) is 6.24. The highest BCUT2D eigenvalue weighted by Crippen LogP contribution is 2.31. The fourth-order valence-electron chi connectivity index (χ4n) is 3.57. The highest BCUT2D eigenvalue weighted by Gasteiger charge is 2.27. The normalized spacial score (nSPS) is 16.9. The lowest BCUT2D eigenvalue weighted by atomic mass is 10.0. The number of anilines is 1. The summed E-state index contributed by atoms with van der Waals surface area (Å²) in [6.45, 7) is 5.81. The summed E-state index contributed by atoms with van der Waals surface area (Å²) in [6.07, 6.45) is 2.17. The van der Waals surface area contributed by atoms with Gasteiger partial charge in [-0.25, -0.2) is 0 Å². The van der Waals surface area contributed by atoms with Crippen LogP contribution in [0.4, 0.5) is 5.69 Å². The Bertz CT molecular complexity index is 801. The van der Waals surface area contributed by atoms with Crippen LogP contribution in [-0.4, -0.2) is 36.3 Å². The predicted octanol–water partition coefficient (Wildman–Crippen LogP) is 3.52. The monoisotopic (exact) mass is 365 g/mol. The molecule has 1 saturated heterocycles. The molecule has 1 heterocycles. The molecule has 1 aliphatic heterocycles. The summed E-state index contributed by atoms with van der Waals surface area (Å²) in [7, 11) is 0. The van der Waals surface area contributed by atoms with E-state index in [4.69, 9.17) is 0 Å². The van der Waals surface area contributed by atoms with Crippen molar-refractivity contribution in [3.63, 3.8) is 0 Å². The molecule has 5 nitrogen and oxygen atoms in total. The van der Waals surface area contributed by atoms with Gasteiger partial charge in [-0.3, -0.25) is 14.5 Å². The first-order chi connectivity index (χ1) is 13.1. The number of aryl methyl sites for hydroxylation is 1. The van der Waals surface area contributed by atoms with E-state index in [2.05, 4.69) is 46.7 Å². The molecule has 142 valence electrons. The van der Waals surface area contributed by atoms with Gasteiger partial charge in [-0.15, -0.1) is 0 Å². The molecule has 2 aromatic carbocycles. The maximum absolute atomic E-state index is 12.6. The van der Waals surface area contributed by atoms with Gasteiger partial charge in [0.05, 0.1) is 6.54 Å². The number of nitrogens with one attached hydrogen (secondary N) is 2. The largest absolute Gasteiger partial charge is 0.352 e. The topological polar surface area (TPSA) is 61.4 Å². The van der Waals surface area contributed by atoms with Crippen molar-refractivity contribution in [1.29, 1.82) is 0 Å². The molecule has 0 radical (unpaired) electrons. The van der Waals surface area contributed by atoms with Gasteiger partial charge in [0.1, 0.15) is 0 Å². The van der Waals surface area contributed by atoms with Crippen LogP contribution in [0.25, 0.3) is 0 Å². The summed E-state index contributed by atoms with van der Waals surface area (Å²) < 4.78 is 0. The SMILES string of the molecule is CCNC(=O)c1cccc(NC(=O)CN2CCCC2c2ccc(C)cc2)c1. The quantitative estimate of drug-likeness (QED) is 0.823. The van der Waals surface area contributed by atoms with E-state index >= 15 is 0 Å². The lowest BCUT2D eigenvalue weighted by molar-refractivity contribution is -0.117. The van der Waals surface area contributed by atoms with Crippen LogP contribution in [0.2, 0.25) is 0 Å². The average Bonchev–Trinajstić information content (AvgIpc) is 3.10. The maximum atomic E-state index is 12.6. The van der Waals surface area contributed by atoms with Gasteiger partial charge < -0.3 is 10.6 Å². The minimum atomic E-state index is -0.132. The molecule has 2 aromatic rings. The molecule has 0 aromatic heterocycles. The van der Waals surface area contributed by atoms with E-state index < -0.39 is 0 Å². The van der Waals surface area contributed by atoms with Crippen LogP contribution in [0.5, 0.6) is 0 Å². The number of benzene rings is 2. The average molecular weight is 365 g/mol. The zero-order valence-corrected chi connectivity index (χ0v) is 16.0. The van der Waals surface area contributed by atoms with E-state index in [-0.39, 0.29) is 17.9 Å². The predicted molar refractivity (Wildman–Crippen MR) is 108 cm³/mol. The molecule has 1 fully saturated rings. The molecule has 3 rings (SSSR count). The van der Waals surface area contributed by atoms with Crippen molar-refractivity contribution < 1.29 is 9.59 Å². The highest BCUT2D eigenvalue weighted by molar-refractivity contribution is 5.97. The summed E-state index contributed by atoms with van der Waals surface area (Å²) in [5.74, 6) is -0.186. The van der Waals surface area contributed by atoms with Crippen LogP contribution in [-0.2, 0) is 4.79 Å². The molecule has 0 saturated carbocycles. The van der Waals surface area contributed by atoms with Gasteiger partial charge in [-0.1, -0.05) is 35.9 Å². The number of carbonyl (C=O) groups is 2. The fourth-order valence-corrected chi connectivity index (χ4v) is 3.57. The highest BCUT2D eigenvalue weighted by atomic mass is 16.2. The van der Waals surface area contributed by atoms with Gasteiger partial charge in [0, 0.05) is 23.8 Å². The molecule has 27 heavy (non-hydrogen) atoms. The van der Waals surface area contributed by atoms with Crippen LogP contribution in [0.3, 0.4) is 0 Å². The van der Waals surface area contributed by atoms with Gasteiger partial charge >= 0.3 is 0 Å². The first-order valence-electron chi connectivity index (χ1n) is 9.55. The summed E-state index contributed by atoms with van der Waals surface area (Å²) in [5.41, 5.74) is 3.71. The number of hydrogen-bond donors (Lipinski definition) is 2. The molecule has 1 unspecified atom stereocenters. The zero-order valence-electron chi connectivity index (χ0n) is 16.0. The van der Waals surface area contributed by atoms with E-state index in [9.17, 15) is 9.59 Å². The Hall–Kier alpha value is -2.66. The Labute approximate surface area is 160 Å². The summed E-state index contributed by atoms with van der Waals surface area (Å²) in [4.78, 5) is 26.7. The van der Waals surface area contributed by atoms with Gasteiger partial charge in [-0.05, 0) is 57.0 Å². The van der Waals surface area contributed by atoms with Crippen molar-refractivity contribution in [2.45, 2.75) is 32.7 Å². The van der Waals surface area contributed by atoms with Crippen molar-refractivity contribution in [1.82, 2.24) is 10.2 Å². The standard InChI is InChI=1S/C22H27N3O2/c1-3-23-22(27)18-6-4-7-19(14-18)24-21(26)15-25-13-5-8-20(25)17-11-9-16(2)10-12-17/h4,6-7,9-12,14,20H,3,5,8,13,15H2,1-2H3,(H,23,27)(H,24,26). The molecule has 1 atom stereocenters. The lowest BCUT2D eigenvalue weighted by Gasteiger charge is -2.24. The van der Waals surface area contributed by atoms with Gasteiger partial charge in [0.15, 0.2) is 0 Å².